The van der Waals surface area contributed by atoms with Crippen molar-refractivity contribution >= 4 is 0 Å². The minimum Gasteiger partial charge on any atom is -0.271 e. The fraction of sp³-hybridized carbons (Fsp3) is 1.00. The van der Waals surface area contributed by atoms with Crippen molar-refractivity contribution in [2.75, 3.05) is 0 Å². The molecule has 1 saturated carbocycles. The maximum atomic E-state index is 12.7. The zero-order chi connectivity index (χ0) is 15.9. The summed E-state index contributed by atoms with van der Waals surface area (Å²) in [5.41, 5.74) is 2.89. The zero-order valence-corrected chi connectivity index (χ0v) is 13.4. The van der Waals surface area contributed by atoms with E-state index in [1.54, 1.807) is 0 Å². The molecule has 2 nitrogen and oxygen atoms in total. The van der Waals surface area contributed by atoms with Gasteiger partial charge in [-0.2, -0.15) is 13.2 Å². The Labute approximate surface area is 127 Å². The van der Waals surface area contributed by atoms with Crippen LogP contribution in [0.1, 0.15) is 71.6 Å². The Hall–Kier alpha value is -0.290. The van der Waals surface area contributed by atoms with Gasteiger partial charge in [-0.25, -0.2) is 0 Å². The van der Waals surface area contributed by atoms with Gasteiger partial charge in [0, 0.05) is 6.04 Å². The maximum absolute atomic E-state index is 12.7. The fourth-order valence-corrected chi connectivity index (χ4v) is 3.59. The number of nitrogens with two attached hydrogens (primary N) is 1. The van der Waals surface area contributed by atoms with Crippen LogP contribution in [0.2, 0.25) is 0 Å². The van der Waals surface area contributed by atoms with Crippen molar-refractivity contribution in [2.24, 2.45) is 23.6 Å². The predicted molar refractivity (Wildman–Crippen MR) is 80.5 cm³/mol. The van der Waals surface area contributed by atoms with Crippen molar-refractivity contribution in [1.82, 2.24) is 5.43 Å². The summed E-state index contributed by atoms with van der Waals surface area (Å²) in [6.07, 6.45) is 3.50. The Morgan fingerprint density at radius 2 is 1.76 bits per heavy atom. The molecule has 1 aliphatic carbocycles. The van der Waals surface area contributed by atoms with Crippen LogP contribution >= 0.6 is 0 Å². The van der Waals surface area contributed by atoms with Gasteiger partial charge in [-0.1, -0.05) is 39.5 Å². The number of hydrazine groups is 1. The standard InChI is InChI=1S/C16H31F3N2/c1-3-5-6-12(4-2)11-15(21-20)13-7-9-14(10-8-13)16(17,18)19/h12-15,21H,3-11,20H2,1-2H3. The van der Waals surface area contributed by atoms with Gasteiger partial charge in [-0.3, -0.25) is 11.3 Å². The predicted octanol–water partition coefficient (Wildman–Crippen LogP) is 4.79. The SMILES string of the molecule is CCCCC(CC)CC(NN)C1CCC(C(F)(F)F)CC1. The Bertz CT molecular complexity index is 273. The Kier molecular flexibility index (Phi) is 8.03. The third-order valence-electron chi connectivity index (χ3n) is 5.15. The number of hydrogen-bond acceptors (Lipinski definition) is 2. The van der Waals surface area contributed by atoms with Gasteiger partial charge in [0.1, 0.15) is 0 Å². The molecule has 0 aromatic heterocycles. The molecule has 5 heteroatoms. The number of rotatable bonds is 8. The first-order valence-corrected chi connectivity index (χ1v) is 8.45. The monoisotopic (exact) mass is 308 g/mol. The second-order valence-electron chi connectivity index (χ2n) is 6.58. The molecule has 0 aromatic rings. The summed E-state index contributed by atoms with van der Waals surface area (Å²) in [6, 6.07) is 0.168. The third-order valence-corrected chi connectivity index (χ3v) is 5.15. The minimum absolute atomic E-state index is 0.168. The van der Waals surface area contributed by atoms with Crippen LogP contribution in [-0.4, -0.2) is 12.2 Å². The Morgan fingerprint density at radius 3 is 2.19 bits per heavy atom. The van der Waals surface area contributed by atoms with Crippen molar-refractivity contribution in [3.63, 3.8) is 0 Å². The Balaban J connectivity index is 2.46. The molecule has 0 aliphatic heterocycles. The second kappa shape index (κ2) is 8.99. The van der Waals surface area contributed by atoms with Crippen LogP contribution in [0.3, 0.4) is 0 Å². The summed E-state index contributed by atoms with van der Waals surface area (Å²) >= 11 is 0. The van der Waals surface area contributed by atoms with Crippen LogP contribution < -0.4 is 11.3 Å². The summed E-state index contributed by atoms with van der Waals surface area (Å²) in [7, 11) is 0. The first-order valence-electron chi connectivity index (χ1n) is 8.45. The summed E-state index contributed by atoms with van der Waals surface area (Å²) in [5.74, 6) is 5.51. The van der Waals surface area contributed by atoms with Gasteiger partial charge in [-0.15, -0.1) is 0 Å². The van der Waals surface area contributed by atoms with Gasteiger partial charge in [-0.05, 0) is 43.9 Å². The normalized spacial score (nSPS) is 26.6. The fourth-order valence-electron chi connectivity index (χ4n) is 3.59. The average molecular weight is 308 g/mol. The topological polar surface area (TPSA) is 38.0 Å². The summed E-state index contributed by atoms with van der Waals surface area (Å²) < 4.78 is 38.1. The van der Waals surface area contributed by atoms with E-state index in [0.717, 1.165) is 12.8 Å². The number of alkyl halides is 3. The molecular weight excluding hydrogens is 277 g/mol. The average Bonchev–Trinajstić information content (AvgIpc) is 2.47. The van der Waals surface area contributed by atoms with Crippen LogP contribution in [0.15, 0.2) is 0 Å². The molecule has 0 heterocycles. The highest BCUT2D eigenvalue weighted by Gasteiger charge is 2.42. The quantitative estimate of drug-likeness (QED) is 0.499. The number of hydrogen-bond donors (Lipinski definition) is 2. The number of nitrogens with one attached hydrogen (secondary N) is 1. The molecule has 3 N–H and O–H groups in total. The smallest absolute Gasteiger partial charge is 0.271 e. The van der Waals surface area contributed by atoms with Crippen molar-refractivity contribution < 1.29 is 13.2 Å². The van der Waals surface area contributed by atoms with Gasteiger partial charge in [0.25, 0.3) is 0 Å². The zero-order valence-electron chi connectivity index (χ0n) is 13.4. The lowest BCUT2D eigenvalue weighted by Crippen LogP contribution is -2.44. The van der Waals surface area contributed by atoms with Crippen molar-refractivity contribution in [1.29, 1.82) is 0 Å². The third kappa shape index (κ3) is 6.15. The van der Waals surface area contributed by atoms with E-state index in [4.69, 9.17) is 5.84 Å². The van der Waals surface area contributed by atoms with E-state index in [-0.39, 0.29) is 18.9 Å². The molecule has 126 valence electrons. The van der Waals surface area contributed by atoms with Crippen molar-refractivity contribution in [2.45, 2.75) is 83.9 Å². The highest BCUT2D eigenvalue weighted by molar-refractivity contribution is 4.84. The number of unbranched alkanes of at least 4 members (excludes halogenated alkanes) is 1. The molecule has 0 amide bonds. The maximum Gasteiger partial charge on any atom is 0.391 e. The van der Waals surface area contributed by atoms with Crippen molar-refractivity contribution in [3.8, 4) is 0 Å². The van der Waals surface area contributed by atoms with Gasteiger partial charge in [0.15, 0.2) is 0 Å². The lowest BCUT2D eigenvalue weighted by molar-refractivity contribution is -0.184. The molecule has 0 spiro atoms. The highest BCUT2D eigenvalue weighted by Crippen LogP contribution is 2.41. The molecular formula is C16H31F3N2. The van der Waals surface area contributed by atoms with E-state index in [1.165, 1.54) is 19.3 Å². The van der Waals surface area contributed by atoms with E-state index in [2.05, 4.69) is 19.3 Å². The molecule has 1 fully saturated rings. The van der Waals surface area contributed by atoms with E-state index >= 15 is 0 Å². The lowest BCUT2D eigenvalue weighted by Gasteiger charge is -2.35. The van der Waals surface area contributed by atoms with Gasteiger partial charge >= 0.3 is 6.18 Å². The second-order valence-corrected chi connectivity index (χ2v) is 6.58. The van der Waals surface area contributed by atoms with Gasteiger partial charge in [0.05, 0.1) is 5.92 Å². The molecule has 0 saturated heterocycles. The first kappa shape index (κ1) is 18.8. The van der Waals surface area contributed by atoms with Crippen molar-refractivity contribution in [3.05, 3.63) is 0 Å². The van der Waals surface area contributed by atoms with Crippen LogP contribution in [-0.2, 0) is 0 Å². The van der Waals surface area contributed by atoms with E-state index < -0.39 is 12.1 Å². The Morgan fingerprint density at radius 1 is 1.14 bits per heavy atom. The lowest BCUT2D eigenvalue weighted by atomic mass is 9.75. The molecule has 1 aliphatic rings. The van der Waals surface area contributed by atoms with E-state index in [9.17, 15) is 13.2 Å². The number of halogens is 3. The minimum atomic E-state index is -4.02. The van der Waals surface area contributed by atoms with Gasteiger partial charge < -0.3 is 0 Å². The molecule has 0 radical (unpaired) electrons. The first-order chi connectivity index (χ1) is 9.92. The van der Waals surface area contributed by atoms with Gasteiger partial charge in [0.2, 0.25) is 0 Å². The van der Waals surface area contributed by atoms with E-state index in [0.29, 0.717) is 24.7 Å². The van der Waals surface area contributed by atoms with Crippen LogP contribution in [0.4, 0.5) is 13.2 Å². The van der Waals surface area contributed by atoms with Crippen LogP contribution in [0.5, 0.6) is 0 Å². The molecule has 21 heavy (non-hydrogen) atoms. The molecule has 1 rings (SSSR count). The van der Waals surface area contributed by atoms with Crippen LogP contribution in [0, 0.1) is 17.8 Å². The summed E-state index contributed by atoms with van der Waals surface area (Å²) in [6.45, 7) is 4.37. The molecule has 0 bridgehead atoms. The van der Waals surface area contributed by atoms with Crippen LogP contribution in [0.25, 0.3) is 0 Å². The largest absolute Gasteiger partial charge is 0.391 e. The molecule has 0 aromatic carbocycles. The highest BCUT2D eigenvalue weighted by atomic mass is 19.4. The summed E-state index contributed by atoms with van der Waals surface area (Å²) in [5, 5.41) is 0. The molecule has 2 unspecified atom stereocenters. The van der Waals surface area contributed by atoms with E-state index in [1.807, 2.05) is 0 Å². The molecule has 2 atom stereocenters. The summed E-state index contributed by atoms with van der Waals surface area (Å²) in [4.78, 5) is 0.